The van der Waals surface area contributed by atoms with Gasteiger partial charge in [-0.05, 0) is 36.4 Å². The van der Waals surface area contributed by atoms with Crippen molar-refractivity contribution in [1.82, 2.24) is 0 Å². The Bertz CT molecular complexity index is 1110. The van der Waals surface area contributed by atoms with Crippen LogP contribution in [-0.2, 0) is 0 Å². The van der Waals surface area contributed by atoms with Crippen molar-refractivity contribution < 1.29 is 19.4 Å². The van der Waals surface area contributed by atoms with Crippen LogP contribution in [0, 0.1) is 20.2 Å². The molecule has 1 N–H and O–H groups in total. The normalized spacial score (nSPS) is 10.5. The van der Waals surface area contributed by atoms with E-state index in [0.717, 1.165) is 0 Å². The Kier molecular flexibility index (Phi) is 6.08. The topological polar surface area (TPSA) is 137 Å². The highest BCUT2D eigenvalue weighted by molar-refractivity contribution is 5.91. The van der Waals surface area contributed by atoms with E-state index in [-0.39, 0.29) is 17.0 Å². The summed E-state index contributed by atoms with van der Waals surface area (Å²) in [5.74, 6) is -0.894. The third-order valence-corrected chi connectivity index (χ3v) is 3.88. The Labute approximate surface area is 169 Å². The van der Waals surface area contributed by atoms with Crippen molar-refractivity contribution in [3.05, 3.63) is 104 Å². The van der Waals surface area contributed by atoms with Crippen LogP contribution in [0.15, 0.2) is 77.9 Å². The fourth-order valence-electron chi connectivity index (χ4n) is 2.42. The van der Waals surface area contributed by atoms with E-state index in [1.165, 1.54) is 48.7 Å². The number of non-ortho nitro benzene ring substituents is 1. The Morgan fingerprint density at radius 2 is 1.63 bits per heavy atom. The van der Waals surface area contributed by atoms with Gasteiger partial charge >= 0.3 is 11.7 Å². The lowest BCUT2D eigenvalue weighted by Crippen LogP contribution is -2.09. The van der Waals surface area contributed by atoms with E-state index in [2.05, 4.69) is 10.5 Å². The lowest BCUT2D eigenvalue weighted by Gasteiger charge is -2.06. The molecule has 150 valence electrons. The number of hydrogen-bond acceptors (Lipinski definition) is 8. The lowest BCUT2D eigenvalue weighted by atomic mass is 10.2. The minimum absolute atomic E-state index is 0.0548. The third-order valence-electron chi connectivity index (χ3n) is 3.88. The Balaban J connectivity index is 1.72. The summed E-state index contributed by atoms with van der Waals surface area (Å²) in [6, 6.07) is 17.7. The molecule has 0 aliphatic heterocycles. The van der Waals surface area contributed by atoms with Gasteiger partial charge in [-0.2, -0.15) is 5.10 Å². The molecule has 0 atom stereocenters. The minimum atomic E-state index is -0.708. The quantitative estimate of drug-likeness (QED) is 0.204. The summed E-state index contributed by atoms with van der Waals surface area (Å²) in [4.78, 5) is 33.0. The molecule has 3 rings (SSSR count). The summed E-state index contributed by atoms with van der Waals surface area (Å²) in [5.41, 5.74) is 3.38. The molecule has 0 radical (unpaired) electrons. The highest BCUT2D eigenvalue weighted by atomic mass is 16.6. The van der Waals surface area contributed by atoms with E-state index >= 15 is 0 Å². The lowest BCUT2D eigenvalue weighted by molar-refractivity contribution is -0.385. The molecule has 0 amide bonds. The van der Waals surface area contributed by atoms with Crippen molar-refractivity contribution in [2.75, 3.05) is 5.43 Å². The van der Waals surface area contributed by atoms with Crippen LogP contribution < -0.4 is 10.2 Å². The van der Waals surface area contributed by atoms with Crippen molar-refractivity contribution in [2.24, 2.45) is 5.10 Å². The van der Waals surface area contributed by atoms with Crippen molar-refractivity contribution >= 4 is 29.2 Å². The predicted molar refractivity (Wildman–Crippen MR) is 109 cm³/mol. The van der Waals surface area contributed by atoms with Crippen LogP contribution in [0.3, 0.4) is 0 Å². The fourth-order valence-corrected chi connectivity index (χ4v) is 2.42. The van der Waals surface area contributed by atoms with Crippen molar-refractivity contribution in [1.29, 1.82) is 0 Å². The van der Waals surface area contributed by atoms with Gasteiger partial charge in [0.25, 0.3) is 5.69 Å². The van der Waals surface area contributed by atoms with Crippen LogP contribution in [0.4, 0.5) is 17.1 Å². The number of hydrazone groups is 1. The summed E-state index contributed by atoms with van der Waals surface area (Å²) < 4.78 is 5.16. The Morgan fingerprint density at radius 1 is 0.933 bits per heavy atom. The van der Waals surface area contributed by atoms with Crippen LogP contribution in [0.1, 0.15) is 15.9 Å². The fraction of sp³-hybridized carbons (Fsp3) is 0. The zero-order chi connectivity index (χ0) is 21.5. The van der Waals surface area contributed by atoms with Gasteiger partial charge in [-0.25, -0.2) is 4.79 Å². The third kappa shape index (κ3) is 5.01. The highest BCUT2D eigenvalue weighted by Gasteiger charge is 2.19. The molecule has 0 saturated carbocycles. The maximum Gasteiger partial charge on any atom is 0.343 e. The minimum Gasteiger partial charge on any atom is -0.416 e. The average Bonchev–Trinajstić information content (AvgIpc) is 2.75. The second-order valence-corrected chi connectivity index (χ2v) is 5.91. The Hall–Kier alpha value is -4.60. The van der Waals surface area contributed by atoms with E-state index in [9.17, 15) is 25.0 Å². The van der Waals surface area contributed by atoms with Crippen LogP contribution in [-0.4, -0.2) is 22.0 Å². The van der Waals surface area contributed by atoms with E-state index in [0.29, 0.717) is 11.3 Å². The van der Waals surface area contributed by atoms with Crippen LogP contribution in [0.25, 0.3) is 0 Å². The molecular formula is C20H14N4O6. The van der Waals surface area contributed by atoms with Gasteiger partial charge in [0.2, 0.25) is 5.75 Å². The molecule has 0 aromatic heterocycles. The van der Waals surface area contributed by atoms with Crippen molar-refractivity contribution in [2.45, 2.75) is 0 Å². The van der Waals surface area contributed by atoms with Gasteiger partial charge in [0.1, 0.15) is 0 Å². The van der Waals surface area contributed by atoms with Gasteiger partial charge in [0.15, 0.2) is 0 Å². The van der Waals surface area contributed by atoms with E-state index in [1.807, 2.05) is 0 Å². The molecule has 0 fully saturated rings. The first-order valence-corrected chi connectivity index (χ1v) is 8.53. The molecule has 3 aromatic carbocycles. The molecule has 10 heteroatoms. The molecule has 0 aliphatic carbocycles. The second kappa shape index (κ2) is 9.06. The van der Waals surface area contributed by atoms with Gasteiger partial charge in [0, 0.05) is 23.8 Å². The number of nitrogens with one attached hydrogen (secondary N) is 1. The molecule has 0 bridgehead atoms. The first kappa shape index (κ1) is 20.1. The maximum absolute atomic E-state index is 12.1. The zero-order valence-corrected chi connectivity index (χ0v) is 15.3. The number of hydrogen-bond donors (Lipinski definition) is 1. The van der Waals surface area contributed by atoms with Gasteiger partial charge in [0.05, 0.1) is 27.3 Å². The largest absolute Gasteiger partial charge is 0.416 e. The van der Waals surface area contributed by atoms with E-state index in [1.54, 1.807) is 30.3 Å². The average molecular weight is 406 g/mol. The van der Waals surface area contributed by atoms with Gasteiger partial charge in [-0.1, -0.05) is 18.2 Å². The molecule has 0 aliphatic rings. The predicted octanol–water partition coefficient (Wildman–Crippen LogP) is 4.17. The molecule has 0 spiro atoms. The second-order valence-electron chi connectivity index (χ2n) is 5.91. The summed E-state index contributed by atoms with van der Waals surface area (Å²) >= 11 is 0. The van der Waals surface area contributed by atoms with Crippen LogP contribution in [0.2, 0.25) is 0 Å². The molecular weight excluding hydrogens is 392 g/mol. The summed E-state index contributed by atoms with van der Waals surface area (Å²) in [5, 5.41) is 26.0. The molecule has 10 nitrogen and oxygen atoms in total. The van der Waals surface area contributed by atoms with Gasteiger partial charge in [-0.3, -0.25) is 25.7 Å². The monoisotopic (exact) mass is 406 g/mol. The zero-order valence-electron chi connectivity index (χ0n) is 15.3. The van der Waals surface area contributed by atoms with Gasteiger partial charge in [-0.15, -0.1) is 0 Å². The first-order valence-electron chi connectivity index (χ1n) is 8.53. The standard InChI is InChI=1S/C20H14N4O6/c25-20(15-4-2-1-3-5-15)30-19-11-6-14(12-18(19)24(28)29)13-21-22-16-7-9-17(10-8-16)23(26)27/h1-13,22H. The number of carbonyl (C=O) groups excluding carboxylic acids is 1. The smallest absolute Gasteiger partial charge is 0.343 e. The SMILES string of the molecule is O=C(Oc1ccc(C=NNc2ccc([N+](=O)[O-])cc2)cc1[N+](=O)[O-])c1ccccc1. The summed E-state index contributed by atoms with van der Waals surface area (Å²) in [7, 11) is 0. The molecule has 0 unspecified atom stereocenters. The molecule has 0 saturated heterocycles. The number of rotatable bonds is 7. The van der Waals surface area contributed by atoms with E-state index in [4.69, 9.17) is 4.74 Å². The summed E-state index contributed by atoms with van der Waals surface area (Å²) in [6.07, 6.45) is 1.33. The molecule has 30 heavy (non-hydrogen) atoms. The van der Waals surface area contributed by atoms with Crippen LogP contribution >= 0.6 is 0 Å². The highest BCUT2D eigenvalue weighted by Crippen LogP contribution is 2.28. The van der Waals surface area contributed by atoms with Crippen molar-refractivity contribution in [3.63, 3.8) is 0 Å². The number of anilines is 1. The summed E-state index contributed by atoms with van der Waals surface area (Å²) in [6.45, 7) is 0. The van der Waals surface area contributed by atoms with Gasteiger partial charge < -0.3 is 4.74 Å². The molecule has 0 heterocycles. The van der Waals surface area contributed by atoms with Crippen LogP contribution in [0.5, 0.6) is 5.75 Å². The first-order chi connectivity index (χ1) is 14.4. The number of benzene rings is 3. The molecule has 3 aromatic rings. The number of nitrogens with zero attached hydrogens (tertiary/aromatic N) is 3. The number of esters is 1. The maximum atomic E-state index is 12.1. The van der Waals surface area contributed by atoms with Crippen molar-refractivity contribution in [3.8, 4) is 5.75 Å². The number of carbonyl (C=O) groups is 1. The number of nitro groups is 2. The number of nitro benzene ring substituents is 2. The van der Waals surface area contributed by atoms with E-state index < -0.39 is 21.5 Å². The Morgan fingerprint density at radius 3 is 2.27 bits per heavy atom. The number of ether oxygens (including phenoxy) is 1.